The van der Waals surface area contributed by atoms with E-state index in [0.717, 1.165) is 42.0 Å². The number of carbonyl (C=O) groups excluding carboxylic acids is 1. The lowest BCUT2D eigenvalue weighted by molar-refractivity contribution is -0.140. The number of H-pyrrole nitrogens is 1. The van der Waals surface area contributed by atoms with E-state index in [1.165, 1.54) is 17.0 Å². The summed E-state index contributed by atoms with van der Waals surface area (Å²) in [5.74, 6) is -0.137. The van der Waals surface area contributed by atoms with Gasteiger partial charge in [0.1, 0.15) is 11.4 Å². The Morgan fingerprint density at radius 3 is 2.56 bits per heavy atom. The number of halogens is 4. The van der Waals surface area contributed by atoms with Gasteiger partial charge in [0.05, 0.1) is 15.7 Å². The molecule has 10 heteroatoms. The molecule has 178 valence electrons. The Balaban J connectivity index is 1.25. The number of aromatic amines is 1. The zero-order valence-electron chi connectivity index (χ0n) is 18.2. The number of nitrogens with zero attached hydrogens (tertiary/aromatic N) is 1. The summed E-state index contributed by atoms with van der Waals surface area (Å²) in [6, 6.07) is 9.59. The van der Waals surface area contributed by atoms with Gasteiger partial charge in [-0.2, -0.15) is 13.2 Å². The molecule has 0 bridgehead atoms. The van der Waals surface area contributed by atoms with Gasteiger partial charge in [0, 0.05) is 33.1 Å². The Labute approximate surface area is 202 Å². The van der Waals surface area contributed by atoms with Gasteiger partial charge >= 0.3 is 6.18 Å². The summed E-state index contributed by atoms with van der Waals surface area (Å²) in [6.07, 6.45) is -1.65. The highest BCUT2D eigenvalue weighted by Gasteiger charge is 2.34. The van der Waals surface area contributed by atoms with Gasteiger partial charge in [-0.1, -0.05) is 11.6 Å². The van der Waals surface area contributed by atoms with Crippen LogP contribution >= 0.6 is 22.9 Å². The molecule has 0 saturated heterocycles. The molecule has 4 aromatic rings. The van der Waals surface area contributed by atoms with Crippen molar-refractivity contribution in [3.8, 4) is 0 Å². The Kier molecular flexibility index (Phi) is 5.93. The minimum Gasteiger partial charge on any atom is -0.382 e. The van der Waals surface area contributed by atoms with Crippen LogP contribution in [0.15, 0.2) is 36.4 Å². The van der Waals surface area contributed by atoms with Crippen molar-refractivity contribution < 1.29 is 18.0 Å². The molecule has 3 N–H and O–H groups in total. The number of hydrogen-bond donors (Lipinski definition) is 3. The summed E-state index contributed by atoms with van der Waals surface area (Å²) in [4.78, 5) is 20.8. The zero-order valence-corrected chi connectivity index (χ0v) is 19.8. The standard InChI is InChI=1S/C24H22ClF3N4OS/c1-12-8-19-21(34-12)10-20(31-19)23(33)30-15-5-3-14(4-6-15)29-18-11-22(24(26,27)28)32-17-7-2-13(25)9-16(17)18/h2,7-11,14-15,31H,3-6H2,1H3,(H,29,32)(H,30,33)/t14-,15+. The van der Waals surface area contributed by atoms with Crippen LogP contribution in [0.3, 0.4) is 0 Å². The van der Waals surface area contributed by atoms with E-state index in [1.807, 2.05) is 19.1 Å². The highest BCUT2D eigenvalue weighted by Crippen LogP contribution is 2.35. The first-order valence-electron chi connectivity index (χ1n) is 11.0. The lowest BCUT2D eigenvalue weighted by Crippen LogP contribution is -2.40. The van der Waals surface area contributed by atoms with E-state index in [-0.39, 0.29) is 23.5 Å². The number of carbonyl (C=O) groups is 1. The molecule has 0 spiro atoms. The Morgan fingerprint density at radius 2 is 1.85 bits per heavy atom. The SMILES string of the molecule is Cc1cc2[nH]c(C(=O)N[C@H]3CC[C@@H](Nc4cc(C(F)(F)F)nc5ccc(Cl)cc45)CC3)cc2s1. The molecule has 5 rings (SSSR count). The van der Waals surface area contributed by atoms with Crippen LogP contribution in [-0.4, -0.2) is 28.0 Å². The van der Waals surface area contributed by atoms with Crippen molar-refractivity contribution in [3.63, 3.8) is 0 Å². The fraction of sp³-hybridized carbons (Fsp3) is 0.333. The van der Waals surface area contributed by atoms with E-state index >= 15 is 0 Å². The van der Waals surface area contributed by atoms with Crippen molar-refractivity contribution in [2.75, 3.05) is 5.32 Å². The molecule has 1 saturated carbocycles. The number of fused-ring (bicyclic) bond motifs is 2. The summed E-state index contributed by atoms with van der Waals surface area (Å²) in [5, 5.41) is 7.34. The maximum absolute atomic E-state index is 13.4. The fourth-order valence-electron chi connectivity index (χ4n) is 4.50. The summed E-state index contributed by atoms with van der Waals surface area (Å²) in [7, 11) is 0. The second kappa shape index (κ2) is 8.78. The average molecular weight is 507 g/mol. The van der Waals surface area contributed by atoms with Crippen molar-refractivity contribution in [2.45, 2.75) is 50.9 Å². The number of benzene rings is 1. The van der Waals surface area contributed by atoms with Gasteiger partial charge in [-0.05, 0) is 69.0 Å². The van der Waals surface area contributed by atoms with Crippen LogP contribution in [0.4, 0.5) is 18.9 Å². The van der Waals surface area contributed by atoms with E-state index < -0.39 is 11.9 Å². The number of hydrogen-bond acceptors (Lipinski definition) is 4. The van der Waals surface area contributed by atoms with Crippen molar-refractivity contribution in [3.05, 3.63) is 57.7 Å². The van der Waals surface area contributed by atoms with Gasteiger partial charge < -0.3 is 15.6 Å². The minimum atomic E-state index is -4.54. The van der Waals surface area contributed by atoms with Gasteiger partial charge in [-0.15, -0.1) is 11.3 Å². The topological polar surface area (TPSA) is 69.8 Å². The lowest BCUT2D eigenvalue weighted by atomic mass is 9.90. The smallest absolute Gasteiger partial charge is 0.382 e. The highest BCUT2D eigenvalue weighted by molar-refractivity contribution is 7.19. The summed E-state index contributed by atoms with van der Waals surface area (Å²) < 4.78 is 41.2. The van der Waals surface area contributed by atoms with Gasteiger partial charge in [-0.3, -0.25) is 4.79 Å². The second-order valence-corrected chi connectivity index (χ2v) is 10.4. The summed E-state index contributed by atoms with van der Waals surface area (Å²) in [5.41, 5.74) is 1.18. The Morgan fingerprint density at radius 1 is 1.12 bits per heavy atom. The summed E-state index contributed by atoms with van der Waals surface area (Å²) >= 11 is 7.73. The second-order valence-electron chi connectivity index (χ2n) is 8.70. The van der Waals surface area contributed by atoms with Crippen LogP contribution in [0.25, 0.3) is 21.1 Å². The van der Waals surface area contributed by atoms with E-state index in [1.54, 1.807) is 17.4 Å². The molecule has 34 heavy (non-hydrogen) atoms. The predicted molar refractivity (Wildman–Crippen MR) is 130 cm³/mol. The third-order valence-corrected chi connectivity index (χ3v) is 7.39. The molecule has 0 unspecified atom stereocenters. The number of aromatic nitrogens is 2. The molecular weight excluding hydrogens is 485 g/mol. The first-order valence-corrected chi connectivity index (χ1v) is 12.2. The molecule has 1 aliphatic rings. The molecule has 3 heterocycles. The molecule has 3 aromatic heterocycles. The highest BCUT2D eigenvalue weighted by atomic mass is 35.5. The molecule has 5 nitrogen and oxygen atoms in total. The van der Waals surface area contributed by atoms with Crippen LogP contribution < -0.4 is 10.6 Å². The largest absolute Gasteiger partial charge is 0.433 e. The number of nitrogens with one attached hydrogen (secondary N) is 3. The zero-order chi connectivity index (χ0) is 24.0. The average Bonchev–Trinajstić information content (AvgIpc) is 3.32. The number of thiophene rings is 1. The molecule has 1 amide bonds. The van der Waals surface area contributed by atoms with Crippen molar-refractivity contribution >= 4 is 55.7 Å². The van der Waals surface area contributed by atoms with Gasteiger partial charge in [-0.25, -0.2) is 4.98 Å². The number of rotatable bonds is 4. The lowest BCUT2D eigenvalue weighted by Gasteiger charge is -2.30. The van der Waals surface area contributed by atoms with Crippen molar-refractivity contribution in [1.29, 1.82) is 0 Å². The molecule has 0 radical (unpaired) electrons. The van der Waals surface area contributed by atoms with Crippen LogP contribution in [0, 0.1) is 6.92 Å². The molecule has 0 atom stereocenters. The van der Waals surface area contributed by atoms with E-state index in [0.29, 0.717) is 21.8 Å². The van der Waals surface area contributed by atoms with Crippen LogP contribution in [0.2, 0.25) is 5.02 Å². The van der Waals surface area contributed by atoms with Crippen molar-refractivity contribution in [2.24, 2.45) is 0 Å². The van der Waals surface area contributed by atoms with E-state index in [9.17, 15) is 18.0 Å². The van der Waals surface area contributed by atoms with Gasteiger partial charge in [0.15, 0.2) is 0 Å². The summed E-state index contributed by atoms with van der Waals surface area (Å²) in [6.45, 7) is 2.03. The van der Waals surface area contributed by atoms with Gasteiger partial charge in [0.2, 0.25) is 0 Å². The van der Waals surface area contributed by atoms with Crippen LogP contribution in [-0.2, 0) is 6.18 Å². The van der Waals surface area contributed by atoms with Crippen LogP contribution in [0.5, 0.6) is 0 Å². The monoisotopic (exact) mass is 506 g/mol. The predicted octanol–water partition coefficient (Wildman–Crippen LogP) is 6.91. The Bertz CT molecular complexity index is 1340. The number of aryl methyl sites for hydroxylation is 1. The first kappa shape index (κ1) is 23.0. The van der Waals surface area contributed by atoms with Crippen molar-refractivity contribution in [1.82, 2.24) is 15.3 Å². The molecular formula is C24H22ClF3N4OS. The first-order chi connectivity index (χ1) is 16.2. The molecule has 1 fully saturated rings. The van der Waals surface area contributed by atoms with E-state index in [2.05, 4.69) is 20.6 Å². The normalized spacial score (nSPS) is 19.0. The number of anilines is 1. The van der Waals surface area contributed by atoms with E-state index in [4.69, 9.17) is 11.6 Å². The third-order valence-electron chi connectivity index (χ3n) is 6.16. The minimum absolute atomic E-state index is 0.0161. The van der Waals surface area contributed by atoms with Gasteiger partial charge in [0.25, 0.3) is 5.91 Å². The maximum Gasteiger partial charge on any atom is 0.433 e. The third kappa shape index (κ3) is 4.72. The fourth-order valence-corrected chi connectivity index (χ4v) is 5.59. The number of pyridine rings is 1. The molecule has 1 aromatic carbocycles. The van der Waals surface area contributed by atoms with Crippen LogP contribution in [0.1, 0.15) is 46.7 Å². The number of amides is 1. The molecule has 1 aliphatic carbocycles. The number of alkyl halides is 3. The Hall–Kier alpha value is -2.78. The maximum atomic E-state index is 13.4. The molecule has 0 aliphatic heterocycles. The quantitative estimate of drug-likeness (QED) is 0.281.